The van der Waals surface area contributed by atoms with E-state index in [1.165, 1.54) is 0 Å². The SMILES string of the molecule is CC[C@@H]1COCCN1C(=O)Nc1ccc(Br)c(OC)c1. The molecule has 0 saturated carbocycles. The van der Waals surface area contributed by atoms with Crippen molar-refractivity contribution in [1.29, 1.82) is 0 Å². The zero-order chi connectivity index (χ0) is 14.5. The number of morpholine rings is 1. The van der Waals surface area contributed by atoms with Crippen LogP contribution in [0.2, 0.25) is 0 Å². The molecule has 0 bridgehead atoms. The van der Waals surface area contributed by atoms with Gasteiger partial charge in [-0.2, -0.15) is 0 Å². The number of ether oxygens (including phenoxy) is 2. The second-order valence-electron chi connectivity index (χ2n) is 4.61. The maximum Gasteiger partial charge on any atom is 0.322 e. The molecule has 2 amide bonds. The van der Waals surface area contributed by atoms with E-state index in [2.05, 4.69) is 28.2 Å². The molecule has 1 N–H and O–H groups in total. The molecule has 6 heteroatoms. The first-order valence-corrected chi connectivity index (χ1v) is 7.44. The number of urea groups is 1. The second kappa shape index (κ2) is 6.95. The summed E-state index contributed by atoms with van der Waals surface area (Å²) in [7, 11) is 1.60. The molecule has 0 spiro atoms. The number of rotatable bonds is 3. The summed E-state index contributed by atoms with van der Waals surface area (Å²) in [6.45, 7) is 3.88. The summed E-state index contributed by atoms with van der Waals surface area (Å²) in [5.74, 6) is 0.691. The molecule has 0 radical (unpaired) electrons. The molecular weight excluding hydrogens is 324 g/mol. The van der Waals surface area contributed by atoms with Gasteiger partial charge in [0.15, 0.2) is 0 Å². The lowest BCUT2D eigenvalue weighted by Gasteiger charge is -2.35. The molecule has 1 aliphatic rings. The first kappa shape index (κ1) is 15.1. The van der Waals surface area contributed by atoms with Crippen LogP contribution in [0.15, 0.2) is 22.7 Å². The number of anilines is 1. The minimum absolute atomic E-state index is 0.0930. The molecule has 1 heterocycles. The van der Waals surface area contributed by atoms with Crippen LogP contribution in [-0.2, 0) is 4.74 Å². The lowest BCUT2D eigenvalue weighted by molar-refractivity contribution is 0.0144. The highest BCUT2D eigenvalue weighted by Gasteiger charge is 2.25. The Bertz CT molecular complexity index is 481. The summed E-state index contributed by atoms with van der Waals surface area (Å²) in [5.41, 5.74) is 0.719. The average molecular weight is 343 g/mol. The summed E-state index contributed by atoms with van der Waals surface area (Å²) in [5, 5.41) is 2.91. The number of nitrogens with zero attached hydrogens (tertiary/aromatic N) is 1. The van der Waals surface area contributed by atoms with E-state index in [-0.39, 0.29) is 12.1 Å². The maximum atomic E-state index is 12.3. The highest BCUT2D eigenvalue weighted by atomic mass is 79.9. The molecule has 0 aromatic heterocycles. The summed E-state index contributed by atoms with van der Waals surface area (Å²) >= 11 is 3.39. The van der Waals surface area contributed by atoms with Crippen molar-refractivity contribution in [3.05, 3.63) is 22.7 Å². The quantitative estimate of drug-likeness (QED) is 0.918. The number of amides is 2. The van der Waals surface area contributed by atoms with Crippen LogP contribution in [0.1, 0.15) is 13.3 Å². The fourth-order valence-electron chi connectivity index (χ4n) is 2.19. The highest BCUT2D eigenvalue weighted by Crippen LogP contribution is 2.28. The fourth-order valence-corrected chi connectivity index (χ4v) is 2.60. The van der Waals surface area contributed by atoms with Crippen LogP contribution in [0.25, 0.3) is 0 Å². The van der Waals surface area contributed by atoms with Crippen molar-refractivity contribution in [2.45, 2.75) is 19.4 Å². The molecule has 1 aromatic carbocycles. The molecule has 1 atom stereocenters. The predicted molar refractivity (Wildman–Crippen MR) is 81.3 cm³/mol. The van der Waals surface area contributed by atoms with Crippen molar-refractivity contribution in [3.8, 4) is 5.75 Å². The fraction of sp³-hybridized carbons (Fsp3) is 0.500. The zero-order valence-electron chi connectivity index (χ0n) is 11.7. The largest absolute Gasteiger partial charge is 0.495 e. The number of benzene rings is 1. The Labute approximate surface area is 127 Å². The van der Waals surface area contributed by atoms with E-state index < -0.39 is 0 Å². The van der Waals surface area contributed by atoms with E-state index in [1.807, 2.05) is 17.0 Å². The van der Waals surface area contributed by atoms with Gasteiger partial charge in [0.1, 0.15) is 5.75 Å². The van der Waals surface area contributed by atoms with Gasteiger partial charge in [-0.25, -0.2) is 4.79 Å². The lowest BCUT2D eigenvalue weighted by Crippen LogP contribution is -2.50. The Morgan fingerprint density at radius 2 is 2.40 bits per heavy atom. The normalized spacial score (nSPS) is 18.8. The van der Waals surface area contributed by atoms with Crippen LogP contribution in [-0.4, -0.2) is 43.8 Å². The summed E-state index contributed by atoms with van der Waals surface area (Å²) in [6.07, 6.45) is 0.886. The van der Waals surface area contributed by atoms with Crippen LogP contribution in [0.5, 0.6) is 5.75 Å². The zero-order valence-corrected chi connectivity index (χ0v) is 13.3. The van der Waals surface area contributed by atoms with Crippen LogP contribution >= 0.6 is 15.9 Å². The smallest absolute Gasteiger partial charge is 0.322 e. The van der Waals surface area contributed by atoms with Crippen molar-refractivity contribution in [2.75, 3.05) is 32.2 Å². The maximum absolute atomic E-state index is 12.3. The number of methoxy groups -OCH3 is 1. The molecule has 1 aliphatic heterocycles. The minimum Gasteiger partial charge on any atom is -0.495 e. The van der Waals surface area contributed by atoms with Crippen LogP contribution < -0.4 is 10.1 Å². The van der Waals surface area contributed by atoms with E-state index in [9.17, 15) is 4.79 Å². The molecule has 1 saturated heterocycles. The van der Waals surface area contributed by atoms with E-state index in [0.29, 0.717) is 25.5 Å². The van der Waals surface area contributed by atoms with Gasteiger partial charge in [-0.3, -0.25) is 0 Å². The number of nitrogens with one attached hydrogen (secondary N) is 1. The van der Waals surface area contributed by atoms with Gasteiger partial charge in [-0.05, 0) is 34.5 Å². The molecule has 2 rings (SSSR count). The van der Waals surface area contributed by atoms with Gasteiger partial charge in [0.25, 0.3) is 0 Å². The van der Waals surface area contributed by atoms with Crippen LogP contribution in [0, 0.1) is 0 Å². The summed E-state index contributed by atoms with van der Waals surface area (Å²) < 4.78 is 11.5. The molecular formula is C14H19BrN2O3. The first-order chi connectivity index (χ1) is 9.65. The average Bonchev–Trinajstić information content (AvgIpc) is 2.49. The van der Waals surface area contributed by atoms with E-state index in [1.54, 1.807) is 13.2 Å². The third-order valence-corrected chi connectivity index (χ3v) is 4.02. The summed E-state index contributed by atoms with van der Waals surface area (Å²) in [4.78, 5) is 14.2. The van der Waals surface area contributed by atoms with E-state index in [4.69, 9.17) is 9.47 Å². The summed E-state index contributed by atoms with van der Waals surface area (Å²) in [6, 6.07) is 5.53. The number of halogens is 1. The Morgan fingerprint density at radius 3 is 3.10 bits per heavy atom. The molecule has 5 nitrogen and oxygen atoms in total. The van der Waals surface area contributed by atoms with Crippen molar-refractivity contribution < 1.29 is 14.3 Å². The number of carbonyl (C=O) groups excluding carboxylic acids is 1. The Kier molecular flexibility index (Phi) is 5.25. The van der Waals surface area contributed by atoms with Gasteiger partial charge < -0.3 is 19.7 Å². The topological polar surface area (TPSA) is 50.8 Å². The van der Waals surface area contributed by atoms with Crippen LogP contribution in [0.3, 0.4) is 0 Å². The van der Waals surface area contributed by atoms with Crippen molar-refractivity contribution in [3.63, 3.8) is 0 Å². The van der Waals surface area contributed by atoms with Crippen LogP contribution in [0.4, 0.5) is 10.5 Å². The van der Waals surface area contributed by atoms with Gasteiger partial charge in [0.2, 0.25) is 0 Å². The molecule has 0 unspecified atom stereocenters. The van der Waals surface area contributed by atoms with Gasteiger partial charge >= 0.3 is 6.03 Å². The Hall–Kier alpha value is -1.27. The second-order valence-corrected chi connectivity index (χ2v) is 5.46. The lowest BCUT2D eigenvalue weighted by atomic mass is 10.2. The molecule has 110 valence electrons. The van der Waals surface area contributed by atoms with Crippen molar-refractivity contribution in [2.24, 2.45) is 0 Å². The highest BCUT2D eigenvalue weighted by molar-refractivity contribution is 9.10. The Balaban J connectivity index is 2.06. The molecule has 0 aliphatic carbocycles. The van der Waals surface area contributed by atoms with Crippen molar-refractivity contribution in [1.82, 2.24) is 4.90 Å². The number of hydrogen-bond donors (Lipinski definition) is 1. The molecule has 1 fully saturated rings. The molecule has 20 heavy (non-hydrogen) atoms. The number of hydrogen-bond acceptors (Lipinski definition) is 3. The molecule has 1 aromatic rings. The van der Waals surface area contributed by atoms with E-state index >= 15 is 0 Å². The monoisotopic (exact) mass is 342 g/mol. The third-order valence-electron chi connectivity index (χ3n) is 3.36. The standard InChI is InChI=1S/C14H19BrN2O3/c1-3-11-9-20-7-6-17(11)14(18)16-10-4-5-12(15)13(8-10)19-2/h4-5,8,11H,3,6-7,9H2,1-2H3,(H,16,18)/t11-/m1/s1. The van der Waals surface area contributed by atoms with Crippen molar-refractivity contribution >= 4 is 27.6 Å². The third kappa shape index (κ3) is 3.43. The van der Waals surface area contributed by atoms with Gasteiger partial charge in [-0.15, -0.1) is 0 Å². The Morgan fingerprint density at radius 1 is 1.60 bits per heavy atom. The van der Waals surface area contributed by atoms with Gasteiger partial charge in [0.05, 0.1) is 30.8 Å². The predicted octanol–water partition coefficient (Wildman–Crippen LogP) is 3.10. The minimum atomic E-state index is -0.0930. The number of carbonyl (C=O) groups is 1. The van der Waals surface area contributed by atoms with Gasteiger partial charge in [0, 0.05) is 18.3 Å². The van der Waals surface area contributed by atoms with Gasteiger partial charge in [-0.1, -0.05) is 6.92 Å². The van der Waals surface area contributed by atoms with E-state index in [0.717, 1.165) is 16.6 Å². The first-order valence-electron chi connectivity index (χ1n) is 6.64.